The highest BCUT2D eigenvalue weighted by Crippen LogP contribution is 2.10. The third kappa shape index (κ3) is 3.03. The Balaban J connectivity index is 1.96. The minimum absolute atomic E-state index is 0.773. The van der Waals surface area contributed by atoms with E-state index in [0.29, 0.717) is 0 Å². The second-order valence-corrected chi connectivity index (χ2v) is 3.73. The summed E-state index contributed by atoms with van der Waals surface area (Å²) in [5.74, 6) is 0.882. The number of aromatic nitrogens is 2. The van der Waals surface area contributed by atoms with E-state index in [0.717, 1.165) is 23.7 Å². The van der Waals surface area contributed by atoms with Crippen LogP contribution >= 0.6 is 11.6 Å². The van der Waals surface area contributed by atoms with Crippen LogP contribution in [0.2, 0.25) is 5.02 Å². The molecule has 2 aromatic rings. The molecule has 0 bridgehead atoms. The molecule has 0 fully saturated rings. The van der Waals surface area contributed by atoms with Gasteiger partial charge in [0.15, 0.2) is 0 Å². The van der Waals surface area contributed by atoms with Gasteiger partial charge in [0, 0.05) is 23.8 Å². The highest BCUT2D eigenvalue weighted by Gasteiger charge is 1.97. The van der Waals surface area contributed by atoms with Crippen molar-refractivity contribution in [1.82, 2.24) is 9.97 Å². The Morgan fingerprint density at radius 3 is 2.27 bits per heavy atom. The fourth-order valence-corrected chi connectivity index (χ4v) is 1.49. The van der Waals surface area contributed by atoms with Crippen LogP contribution in [0.3, 0.4) is 0 Å². The van der Waals surface area contributed by atoms with E-state index in [1.165, 1.54) is 5.56 Å². The third-order valence-electron chi connectivity index (χ3n) is 2.17. The van der Waals surface area contributed by atoms with Crippen molar-refractivity contribution in [2.75, 3.05) is 0 Å². The first-order chi connectivity index (χ1) is 7.34. The molecule has 0 aliphatic carbocycles. The summed E-state index contributed by atoms with van der Waals surface area (Å²) < 4.78 is 0. The maximum absolute atomic E-state index is 5.80. The average molecular weight is 219 g/mol. The first-order valence-corrected chi connectivity index (χ1v) is 5.23. The summed E-state index contributed by atoms with van der Waals surface area (Å²) in [6.45, 7) is 0. The number of hydrogen-bond acceptors (Lipinski definition) is 2. The largest absolute Gasteiger partial charge is 0.241 e. The maximum atomic E-state index is 5.80. The van der Waals surface area contributed by atoms with Crippen LogP contribution in [0, 0.1) is 0 Å². The molecule has 0 spiro atoms. The number of halogens is 1. The minimum Gasteiger partial charge on any atom is -0.241 e. The Morgan fingerprint density at radius 2 is 1.60 bits per heavy atom. The van der Waals surface area contributed by atoms with Gasteiger partial charge >= 0.3 is 0 Å². The molecule has 0 unspecified atom stereocenters. The van der Waals surface area contributed by atoms with Crippen LogP contribution in [-0.2, 0) is 12.8 Å². The van der Waals surface area contributed by atoms with Gasteiger partial charge in [0.2, 0.25) is 0 Å². The van der Waals surface area contributed by atoms with Crippen LogP contribution in [0.1, 0.15) is 11.4 Å². The van der Waals surface area contributed by atoms with Crippen LogP contribution < -0.4 is 0 Å². The van der Waals surface area contributed by atoms with Crippen LogP contribution in [-0.4, -0.2) is 9.97 Å². The quantitative estimate of drug-likeness (QED) is 0.792. The number of hydrogen-bond donors (Lipinski definition) is 0. The summed E-state index contributed by atoms with van der Waals surface area (Å²) in [6, 6.07) is 9.70. The molecule has 0 N–H and O–H groups in total. The molecule has 1 aromatic carbocycles. The minimum atomic E-state index is 0.773. The van der Waals surface area contributed by atoms with Gasteiger partial charge in [-0.2, -0.15) is 0 Å². The average Bonchev–Trinajstić information content (AvgIpc) is 2.30. The Kier molecular flexibility index (Phi) is 3.30. The molecule has 15 heavy (non-hydrogen) atoms. The van der Waals surface area contributed by atoms with Crippen molar-refractivity contribution >= 4 is 11.6 Å². The molecule has 0 amide bonds. The molecule has 0 aliphatic heterocycles. The summed E-state index contributed by atoms with van der Waals surface area (Å²) in [6.07, 6.45) is 5.35. The Bertz CT molecular complexity index is 411. The van der Waals surface area contributed by atoms with Gasteiger partial charge in [-0.25, -0.2) is 9.97 Å². The molecule has 0 saturated heterocycles. The normalized spacial score (nSPS) is 10.2. The highest BCUT2D eigenvalue weighted by molar-refractivity contribution is 6.30. The monoisotopic (exact) mass is 218 g/mol. The molecule has 0 radical (unpaired) electrons. The van der Waals surface area contributed by atoms with Gasteiger partial charge in [0.25, 0.3) is 0 Å². The fourth-order valence-electron chi connectivity index (χ4n) is 1.37. The van der Waals surface area contributed by atoms with E-state index in [2.05, 4.69) is 9.97 Å². The van der Waals surface area contributed by atoms with Gasteiger partial charge in [0.05, 0.1) is 0 Å². The van der Waals surface area contributed by atoms with Gasteiger partial charge in [-0.05, 0) is 30.2 Å². The summed E-state index contributed by atoms with van der Waals surface area (Å²) in [4.78, 5) is 8.35. The van der Waals surface area contributed by atoms with Gasteiger partial charge in [-0.3, -0.25) is 0 Å². The van der Waals surface area contributed by atoms with E-state index < -0.39 is 0 Å². The SMILES string of the molecule is Clc1ccc(CCc2ncccn2)cc1. The second kappa shape index (κ2) is 4.89. The predicted molar refractivity (Wildman–Crippen MR) is 60.9 cm³/mol. The number of aryl methyl sites for hydroxylation is 2. The van der Waals surface area contributed by atoms with Crippen molar-refractivity contribution in [2.45, 2.75) is 12.8 Å². The van der Waals surface area contributed by atoms with Gasteiger partial charge in [-0.15, -0.1) is 0 Å². The van der Waals surface area contributed by atoms with Gasteiger partial charge in [0.1, 0.15) is 5.82 Å². The van der Waals surface area contributed by atoms with Crippen molar-refractivity contribution in [1.29, 1.82) is 0 Å². The maximum Gasteiger partial charge on any atom is 0.128 e. The van der Waals surface area contributed by atoms with Crippen molar-refractivity contribution in [3.05, 3.63) is 59.1 Å². The number of benzene rings is 1. The molecule has 1 heterocycles. The summed E-state index contributed by atoms with van der Waals surface area (Å²) in [7, 11) is 0. The zero-order valence-corrected chi connectivity index (χ0v) is 8.98. The molecular formula is C12H11ClN2. The molecule has 0 aliphatic rings. The summed E-state index contributed by atoms with van der Waals surface area (Å²) in [5, 5.41) is 0.773. The smallest absolute Gasteiger partial charge is 0.128 e. The molecular weight excluding hydrogens is 208 g/mol. The highest BCUT2D eigenvalue weighted by atomic mass is 35.5. The van der Waals surface area contributed by atoms with Crippen molar-refractivity contribution in [3.8, 4) is 0 Å². The molecule has 1 aromatic heterocycles. The lowest BCUT2D eigenvalue weighted by atomic mass is 10.1. The van der Waals surface area contributed by atoms with E-state index in [-0.39, 0.29) is 0 Å². The lowest BCUT2D eigenvalue weighted by molar-refractivity contribution is 0.858. The van der Waals surface area contributed by atoms with Crippen molar-refractivity contribution < 1.29 is 0 Å². The van der Waals surface area contributed by atoms with Crippen molar-refractivity contribution in [3.63, 3.8) is 0 Å². The second-order valence-electron chi connectivity index (χ2n) is 3.29. The summed E-state index contributed by atoms with van der Waals surface area (Å²) >= 11 is 5.80. The number of rotatable bonds is 3. The van der Waals surface area contributed by atoms with Crippen molar-refractivity contribution in [2.24, 2.45) is 0 Å². The zero-order chi connectivity index (χ0) is 10.5. The Labute approximate surface area is 94.0 Å². The van der Waals surface area contributed by atoms with E-state index in [1.807, 2.05) is 30.3 Å². The molecule has 0 atom stereocenters. The first kappa shape index (κ1) is 10.1. The van der Waals surface area contributed by atoms with Gasteiger partial charge < -0.3 is 0 Å². The fraction of sp³-hybridized carbons (Fsp3) is 0.167. The first-order valence-electron chi connectivity index (χ1n) is 4.85. The lowest BCUT2D eigenvalue weighted by Gasteiger charge is -2.00. The van der Waals surface area contributed by atoms with Crippen LogP contribution in [0.4, 0.5) is 0 Å². The summed E-state index contributed by atoms with van der Waals surface area (Å²) in [5.41, 5.74) is 1.26. The Hall–Kier alpha value is -1.41. The topological polar surface area (TPSA) is 25.8 Å². The third-order valence-corrected chi connectivity index (χ3v) is 2.42. The lowest BCUT2D eigenvalue weighted by Crippen LogP contribution is -1.96. The standard InChI is InChI=1S/C12H11ClN2/c13-11-5-2-10(3-6-11)4-7-12-14-8-1-9-15-12/h1-3,5-6,8-9H,4,7H2. The molecule has 76 valence electrons. The molecule has 0 saturated carbocycles. The van der Waals surface area contributed by atoms with E-state index in [1.54, 1.807) is 12.4 Å². The van der Waals surface area contributed by atoms with Gasteiger partial charge in [-0.1, -0.05) is 23.7 Å². The number of nitrogens with zero attached hydrogens (tertiary/aromatic N) is 2. The van der Waals surface area contributed by atoms with E-state index in [9.17, 15) is 0 Å². The van der Waals surface area contributed by atoms with Crippen LogP contribution in [0.5, 0.6) is 0 Å². The van der Waals surface area contributed by atoms with E-state index >= 15 is 0 Å². The predicted octanol–water partition coefficient (Wildman–Crippen LogP) is 2.92. The Morgan fingerprint density at radius 1 is 0.933 bits per heavy atom. The molecule has 2 rings (SSSR count). The van der Waals surface area contributed by atoms with Crippen LogP contribution in [0.15, 0.2) is 42.7 Å². The molecule has 2 nitrogen and oxygen atoms in total. The van der Waals surface area contributed by atoms with Crippen LogP contribution in [0.25, 0.3) is 0 Å². The molecule has 3 heteroatoms. The van der Waals surface area contributed by atoms with E-state index in [4.69, 9.17) is 11.6 Å². The zero-order valence-electron chi connectivity index (χ0n) is 8.23.